The lowest BCUT2D eigenvalue weighted by Crippen LogP contribution is -2.48. The number of amides is 2. The summed E-state index contributed by atoms with van der Waals surface area (Å²) in [5, 5.41) is 7.07. The first kappa shape index (κ1) is 25.7. The molecule has 0 heterocycles. The Morgan fingerprint density at radius 1 is 1.25 bits per heavy atom. The van der Waals surface area contributed by atoms with Crippen LogP contribution in [-0.2, 0) is 4.79 Å². The van der Waals surface area contributed by atoms with Crippen molar-refractivity contribution in [1.29, 1.82) is 0 Å². The molecule has 0 aliphatic heterocycles. The minimum atomic E-state index is -0.790. The van der Waals surface area contributed by atoms with Crippen LogP contribution in [0.25, 0.3) is 0 Å². The van der Waals surface area contributed by atoms with Gasteiger partial charge in [-0.3, -0.25) is 9.59 Å². The Balaban J connectivity index is 2.09. The summed E-state index contributed by atoms with van der Waals surface area (Å²) in [6, 6.07) is 9.44. The van der Waals surface area contributed by atoms with Crippen LogP contribution < -0.4 is 20.2 Å². The molecule has 0 spiro atoms. The second-order valence-electron chi connectivity index (χ2n) is 7.29. The van der Waals surface area contributed by atoms with Crippen LogP contribution in [0.2, 0.25) is 5.02 Å². The second-order valence-corrected chi connectivity index (χ2v) is 8.55. The van der Waals surface area contributed by atoms with Crippen LogP contribution in [0.5, 0.6) is 11.5 Å². The molecule has 7 nitrogen and oxygen atoms in total. The summed E-state index contributed by atoms with van der Waals surface area (Å²) < 4.78 is 11.8. The standard InChI is InChI=1S/C23H27BrClN3O4/c1-5-10-32-21-17(24)11-15(12-19(21)31-4)13-26-28-23(30)20(14(2)3)27-22(29)16-8-6-7-9-18(16)25/h6-9,11-14,20H,5,10H2,1-4H3,(H,27,29)(H,28,30). The van der Waals surface area contributed by atoms with Gasteiger partial charge in [-0.05, 0) is 58.1 Å². The molecule has 0 saturated heterocycles. The van der Waals surface area contributed by atoms with Crippen molar-refractivity contribution < 1.29 is 19.1 Å². The van der Waals surface area contributed by atoms with E-state index < -0.39 is 17.9 Å². The molecule has 2 N–H and O–H groups in total. The molecule has 32 heavy (non-hydrogen) atoms. The molecule has 1 unspecified atom stereocenters. The topological polar surface area (TPSA) is 89.0 Å². The molecular formula is C23H27BrClN3O4. The largest absolute Gasteiger partial charge is 0.493 e. The van der Waals surface area contributed by atoms with Crippen molar-refractivity contribution in [1.82, 2.24) is 10.7 Å². The summed E-state index contributed by atoms with van der Waals surface area (Å²) in [5.41, 5.74) is 3.48. The maximum atomic E-state index is 12.7. The number of carbonyl (C=O) groups excluding carboxylic acids is 2. The Kier molecular flexibility index (Phi) is 9.99. The molecule has 172 valence electrons. The lowest BCUT2D eigenvalue weighted by molar-refractivity contribution is -0.123. The minimum Gasteiger partial charge on any atom is -0.493 e. The predicted molar refractivity (Wildman–Crippen MR) is 130 cm³/mol. The zero-order chi connectivity index (χ0) is 23.7. The van der Waals surface area contributed by atoms with E-state index in [1.165, 1.54) is 6.21 Å². The van der Waals surface area contributed by atoms with Gasteiger partial charge >= 0.3 is 0 Å². The van der Waals surface area contributed by atoms with Gasteiger partial charge in [0.05, 0.1) is 35.0 Å². The Morgan fingerprint density at radius 2 is 1.97 bits per heavy atom. The Morgan fingerprint density at radius 3 is 2.59 bits per heavy atom. The van der Waals surface area contributed by atoms with Crippen LogP contribution in [0, 0.1) is 5.92 Å². The van der Waals surface area contributed by atoms with Gasteiger partial charge in [-0.1, -0.05) is 44.5 Å². The van der Waals surface area contributed by atoms with E-state index in [4.69, 9.17) is 21.1 Å². The van der Waals surface area contributed by atoms with Crippen LogP contribution in [-0.4, -0.2) is 37.8 Å². The van der Waals surface area contributed by atoms with Crippen LogP contribution in [0.3, 0.4) is 0 Å². The van der Waals surface area contributed by atoms with Crippen molar-refractivity contribution in [2.24, 2.45) is 11.0 Å². The first-order chi connectivity index (χ1) is 15.3. The van der Waals surface area contributed by atoms with Crippen LogP contribution in [0.4, 0.5) is 0 Å². The highest BCUT2D eigenvalue weighted by Gasteiger charge is 2.25. The van der Waals surface area contributed by atoms with Crippen molar-refractivity contribution in [2.75, 3.05) is 13.7 Å². The number of ether oxygens (including phenoxy) is 2. The summed E-state index contributed by atoms with van der Waals surface area (Å²) >= 11 is 9.56. The van der Waals surface area contributed by atoms with E-state index in [1.54, 1.807) is 37.4 Å². The van der Waals surface area contributed by atoms with Gasteiger partial charge in [-0.2, -0.15) is 5.10 Å². The summed E-state index contributed by atoms with van der Waals surface area (Å²) in [7, 11) is 1.55. The number of hydrogen-bond acceptors (Lipinski definition) is 5. The Bertz CT molecular complexity index is 982. The summed E-state index contributed by atoms with van der Waals surface area (Å²) in [6.45, 7) is 6.25. The van der Waals surface area contributed by atoms with Gasteiger partial charge in [-0.15, -0.1) is 0 Å². The quantitative estimate of drug-likeness (QED) is 0.345. The molecule has 0 aromatic heterocycles. The highest BCUT2D eigenvalue weighted by Crippen LogP contribution is 2.36. The number of nitrogens with one attached hydrogen (secondary N) is 2. The fourth-order valence-corrected chi connectivity index (χ4v) is 3.59. The average Bonchev–Trinajstić information content (AvgIpc) is 2.76. The molecule has 0 fully saturated rings. The SMILES string of the molecule is CCCOc1c(Br)cc(C=NNC(=O)C(NC(=O)c2ccccc2Cl)C(C)C)cc1OC. The predicted octanol–water partition coefficient (Wildman–Crippen LogP) is 4.80. The van der Waals surface area contributed by atoms with Gasteiger partial charge < -0.3 is 14.8 Å². The van der Waals surface area contributed by atoms with Crippen LogP contribution in [0.1, 0.15) is 43.1 Å². The number of methoxy groups -OCH3 is 1. The van der Waals surface area contributed by atoms with Crippen LogP contribution in [0.15, 0.2) is 46.0 Å². The van der Waals surface area contributed by atoms with Gasteiger partial charge in [0.15, 0.2) is 11.5 Å². The third-order valence-corrected chi connectivity index (χ3v) is 5.36. The van der Waals surface area contributed by atoms with Crippen molar-refractivity contribution in [3.05, 3.63) is 57.0 Å². The fraction of sp³-hybridized carbons (Fsp3) is 0.348. The third kappa shape index (κ3) is 6.97. The molecule has 9 heteroatoms. The van der Waals surface area contributed by atoms with Crippen molar-refractivity contribution in [3.8, 4) is 11.5 Å². The normalized spacial score (nSPS) is 12.0. The summed E-state index contributed by atoms with van der Waals surface area (Å²) in [5.74, 6) is 0.126. The zero-order valence-corrected chi connectivity index (χ0v) is 20.8. The van der Waals surface area contributed by atoms with E-state index in [1.807, 2.05) is 26.8 Å². The molecule has 0 saturated carbocycles. The minimum absolute atomic E-state index is 0.166. The lowest BCUT2D eigenvalue weighted by atomic mass is 10.0. The van der Waals surface area contributed by atoms with Crippen molar-refractivity contribution >= 4 is 45.6 Å². The van der Waals surface area contributed by atoms with Crippen molar-refractivity contribution in [2.45, 2.75) is 33.2 Å². The van der Waals surface area contributed by atoms with Crippen molar-refractivity contribution in [3.63, 3.8) is 0 Å². The lowest BCUT2D eigenvalue weighted by Gasteiger charge is -2.20. The third-order valence-electron chi connectivity index (χ3n) is 4.44. The smallest absolute Gasteiger partial charge is 0.262 e. The highest BCUT2D eigenvalue weighted by molar-refractivity contribution is 9.10. The monoisotopic (exact) mass is 523 g/mol. The van der Waals surface area contributed by atoms with Gasteiger partial charge in [0.2, 0.25) is 0 Å². The van der Waals surface area contributed by atoms with Gasteiger partial charge in [0.1, 0.15) is 6.04 Å². The Hall–Kier alpha value is -2.58. The molecule has 2 rings (SSSR count). The molecule has 2 amide bonds. The number of rotatable bonds is 10. The van der Waals surface area contributed by atoms with E-state index in [0.29, 0.717) is 38.7 Å². The number of carbonyl (C=O) groups is 2. The number of hydrogen-bond donors (Lipinski definition) is 2. The second kappa shape index (κ2) is 12.5. The van der Waals surface area contributed by atoms with E-state index >= 15 is 0 Å². The number of hydrazone groups is 1. The van der Waals surface area contributed by atoms with Gasteiger partial charge in [-0.25, -0.2) is 5.43 Å². The van der Waals surface area contributed by atoms with E-state index in [-0.39, 0.29) is 5.92 Å². The molecule has 2 aromatic rings. The van der Waals surface area contributed by atoms with Gasteiger partial charge in [0, 0.05) is 0 Å². The van der Waals surface area contributed by atoms with E-state index in [9.17, 15) is 9.59 Å². The highest BCUT2D eigenvalue weighted by atomic mass is 79.9. The molecule has 0 bridgehead atoms. The zero-order valence-electron chi connectivity index (χ0n) is 18.4. The van der Waals surface area contributed by atoms with E-state index in [0.717, 1.165) is 6.42 Å². The summed E-state index contributed by atoms with van der Waals surface area (Å²) in [6.07, 6.45) is 2.36. The van der Waals surface area contributed by atoms with Crippen LogP contribution >= 0.6 is 27.5 Å². The van der Waals surface area contributed by atoms with E-state index in [2.05, 4.69) is 31.8 Å². The fourth-order valence-electron chi connectivity index (χ4n) is 2.80. The molecule has 1 atom stereocenters. The molecular weight excluding hydrogens is 498 g/mol. The number of benzene rings is 2. The maximum absolute atomic E-state index is 12.7. The maximum Gasteiger partial charge on any atom is 0.262 e. The summed E-state index contributed by atoms with van der Waals surface area (Å²) in [4.78, 5) is 25.2. The first-order valence-corrected chi connectivity index (χ1v) is 11.3. The number of halogens is 2. The molecule has 0 aliphatic carbocycles. The average molecular weight is 525 g/mol. The molecule has 0 aliphatic rings. The Labute approximate surface area is 201 Å². The first-order valence-electron chi connectivity index (χ1n) is 10.2. The molecule has 0 radical (unpaired) electrons. The number of nitrogens with zero attached hydrogens (tertiary/aromatic N) is 1. The molecule has 2 aromatic carbocycles. The van der Waals surface area contributed by atoms with Gasteiger partial charge in [0.25, 0.3) is 11.8 Å².